The smallest absolute Gasteiger partial charge is 0.339 e. The van der Waals surface area contributed by atoms with Crippen LogP contribution in [0, 0.1) is 12.7 Å². The number of methoxy groups -OCH3 is 2. The van der Waals surface area contributed by atoms with Gasteiger partial charge >= 0.3 is 5.97 Å². The summed E-state index contributed by atoms with van der Waals surface area (Å²) < 4.78 is 24.5. The Morgan fingerprint density at radius 2 is 1.84 bits per heavy atom. The Bertz CT molecular complexity index is 1380. The maximum Gasteiger partial charge on any atom is 0.339 e. The van der Waals surface area contributed by atoms with Crippen molar-refractivity contribution in [3.05, 3.63) is 77.8 Å². The van der Waals surface area contributed by atoms with Crippen LogP contribution in [0.1, 0.15) is 31.8 Å². The van der Waals surface area contributed by atoms with Gasteiger partial charge in [-0.1, -0.05) is 17.7 Å². The van der Waals surface area contributed by atoms with Gasteiger partial charge in [-0.25, -0.2) is 9.18 Å². The number of fused-ring (bicyclic) bond motifs is 1. The maximum atomic E-state index is 14.9. The van der Waals surface area contributed by atoms with E-state index in [0.717, 1.165) is 11.6 Å². The highest BCUT2D eigenvalue weighted by Gasteiger charge is 2.37. The van der Waals surface area contributed by atoms with Crippen LogP contribution in [0.3, 0.4) is 0 Å². The summed E-state index contributed by atoms with van der Waals surface area (Å²) in [5, 5.41) is 2.53. The Kier molecular flexibility index (Phi) is 5.21. The van der Waals surface area contributed by atoms with Crippen LogP contribution in [0.25, 0.3) is 0 Å². The van der Waals surface area contributed by atoms with Gasteiger partial charge in [0, 0.05) is 10.6 Å². The summed E-state index contributed by atoms with van der Waals surface area (Å²) in [7, 11) is 2.42. The lowest BCUT2D eigenvalue weighted by Crippen LogP contribution is -2.35. The van der Waals surface area contributed by atoms with Crippen molar-refractivity contribution in [3.8, 4) is 5.75 Å². The van der Waals surface area contributed by atoms with Crippen molar-refractivity contribution in [1.29, 1.82) is 0 Å². The molecule has 164 valence electrons. The predicted octanol–water partition coefficient (Wildman–Crippen LogP) is 3.08. The molecule has 1 N–H and O–H groups in total. The second kappa shape index (κ2) is 7.76. The molecule has 0 bridgehead atoms. The number of ether oxygens (including phenoxy) is 2. The fraction of sp³-hybridized carbons (Fsp3) is 0.182. The fourth-order valence-corrected chi connectivity index (χ4v) is 3.93. The van der Waals surface area contributed by atoms with E-state index in [1.54, 1.807) is 19.1 Å². The van der Waals surface area contributed by atoms with Gasteiger partial charge in [0.05, 0.1) is 43.3 Å². The molecule has 3 aromatic carbocycles. The number of carbonyl (C=O) groups is 2. The van der Waals surface area contributed by atoms with E-state index in [9.17, 15) is 23.6 Å². The van der Waals surface area contributed by atoms with Gasteiger partial charge in [-0.3, -0.25) is 14.4 Å². The third-order valence-corrected chi connectivity index (χ3v) is 5.61. The minimum absolute atomic E-state index is 0.00290. The molecule has 10 heteroatoms. The first-order valence-corrected chi connectivity index (χ1v) is 9.73. The quantitative estimate of drug-likeness (QED) is 0.463. The molecule has 1 heterocycles. The number of benzene rings is 2. The summed E-state index contributed by atoms with van der Waals surface area (Å²) in [6.07, 6.45) is 0. The monoisotopic (exact) mass is 458 g/mol. The molecule has 1 aliphatic heterocycles. The van der Waals surface area contributed by atoms with Gasteiger partial charge in [0.25, 0.3) is 16.8 Å². The van der Waals surface area contributed by atoms with E-state index in [-0.39, 0.29) is 45.5 Å². The van der Waals surface area contributed by atoms with Gasteiger partial charge in [-0.05, 0) is 30.7 Å². The van der Waals surface area contributed by atoms with E-state index < -0.39 is 28.6 Å². The molecule has 1 aliphatic rings. The Hall–Kier alpha value is -3.72. The third kappa shape index (κ3) is 3.13. The number of esters is 1. The van der Waals surface area contributed by atoms with Crippen molar-refractivity contribution < 1.29 is 23.5 Å². The Labute approximate surface area is 185 Å². The van der Waals surface area contributed by atoms with Gasteiger partial charge in [-0.2, -0.15) is 0 Å². The van der Waals surface area contributed by atoms with Gasteiger partial charge in [0.1, 0.15) is 11.5 Å². The molecule has 0 unspecified atom stereocenters. The molecule has 0 spiro atoms. The maximum absolute atomic E-state index is 14.9. The van der Waals surface area contributed by atoms with Crippen LogP contribution in [-0.4, -0.2) is 26.1 Å². The van der Waals surface area contributed by atoms with E-state index in [4.69, 9.17) is 21.1 Å². The lowest BCUT2D eigenvalue weighted by Gasteiger charge is -2.20. The van der Waals surface area contributed by atoms with Gasteiger partial charge in [0.2, 0.25) is 0 Å². The van der Waals surface area contributed by atoms with Gasteiger partial charge in [0.15, 0.2) is 5.75 Å². The Morgan fingerprint density at radius 1 is 1.12 bits per heavy atom. The zero-order valence-electron chi connectivity index (χ0n) is 17.2. The molecule has 3 aromatic rings. The zero-order chi connectivity index (χ0) is 23.3. The highest BCUT2D eigenvalue weighted by Crippen LogP contribution is 2.41. The molecule has 0 radical (unpaired) electrons. The minimum Gasteiger partial charge on any atom is -0.491 e. The number of nitrogens with zero attached hydrogens (tertiary/aromatic N) is 1. The summed E-state index contributed by atoms with van der Waals surface area (Å²) in [4.78, 5) is 50.5. The van der Waals surface area contributed by atoms with Crippen LogP contribution in [0.2, 0.25) is 5.02 Å². The number of hydrogen-bond acceptors (Lipinski definition) is 7. The van der Waals surface area contributed by atoms with E-state index >= 15 is 0 Å². The van der Waals surface area contributed by atoms with Crippen LogP contribution in [0.15, 0.2) is 33.9 Å². The fourth-order valence-electron chi connectivity index (χ4n) is 3.68. The summed E-state index contributed by atoms with van der Waals surface area (Å²) >= 11 is 6.22. The number of rotatable bonds is 5. The van der Waals surface area contributed by atoms with Gasteiger partial charge < -0.3 is 19.7 Å². The summed E-state index contributed by atoms with van der Waals surface area (Å²) in [6.45, 7) is 1.74. The first kappa shape index (κ1) is 21.5. The third-order valence-electron chi connectivity index (χ3n) is 5.28. The van der Waals surface area contributed by atoms with Crippen LogP contribution < -0.4 is 25.8 Å². The van der Waals surface area contributed by atoms with Crippen LogP contribution >= 0.6 is 11.6 Å². The zero-order valence-corrected chi connectivity index (χ0v) is 17.9. The average Bonchev–Trinajstić information content (AvgIpc) is 3.12. The average molecular weight is 459 g/mol. The number of aryl methyl sites for hydroxylation is 1. The normalized spacial score (nSPS) is 12.8. The molecule has 4 rings (SSSR count). The standard InChI is InChI=1S/C22H16ClFN2O6/c1-9-4-5-10(22(30)32-3)14(6-9)26-8-11-12(23)7-13(24)16(15(11)21(26)29)25-17-18(27)19(28)20(17)31-2/h4-7,25H,8H2,1-3H3. The molecular weight excluding hydrogens is 443 g/mol. The second-order valence-electron chi connectivity index (χ2n) is 7.16. The van der Waals surface area contributed by atoms with Crippen molar-refractivity contribution in [2.75, 3.05) is 24.4 Å². The molecule has 0 aromatic heterocycles. The molecule has 0 fully saturated rings. The first-order chi connectivity index (χ1) is 15.2. The van der Waals surface area contributed by atoms with Crippen molar-refractivity contribution >= 4 is 40.5 Å². The largest absolute Gasteiger partial charge is 0.491 e. The lowest BCUT2D eigenvalue weighted by molar-refractivity contribution is 0.0601. The molecule has 32 heavy (non-hydrogen) atoms. The van der Waals surface area contributed by atoms with Crippen molar-refractivity contribution in [2.24, 2.45) is 0 Å². The highest BCUT2D eigenvalue weighted by molar-refractivity contribution is 6.33. The highest BCUT2D eigenvalue weighted by atomic mass is 35.5. The number of halogens is 2. The molecule has 8 nitrogen and oxygen atoms in total. The number of anilines is 3. The SMILES string of the molecule is COC(=O)c1ccc(C)cc1N1Cc2c(Cl)cc(F)c(Nc3c(OC)c(=O)c3=O)c2C1=O. The molecule has 0 aliphatic carbocycles. The summed E-state index contributed by atoms with van der Waals surface area (Å²) in [6, 6.07) is 5.87. The Balaban J connectivity index is 1.84. The van der Waals surface area contributed by atoms with E-state index in [2.05, 4.69) is 5.32 Å². The molecule has 0 saturated carbocycles. The minimum atomic E-state index is -0.892. The van der Waals surface area contributed by atoms with Crippen molar-refractivity contribution in [2.45, 2.75) is 13.5 Å². The summed E-state index contributed by atoms with van der Waals surface area (Å²) in [5.74, 6) is -2.44. The number of carbonyl (C=O) groups excluding carboxylic acids is 2. The molecular formula is C22H16ClFN2O6. The molecule has 1 amide bonds. The van der Waals surface area contributed by atoms with Crippen LogP contribution in [-0.2, 0) is 11.3 Å². The lowest BCUT2D eigenvalue weighted by atomic mass is 10.1. The number of amides is 1. The predicted molar refractivity (Wildman–Crippen MR) is 116 cm³/mol. The van der Waals surface area contributed by atoms with E-state index in [0.29, 0.717) is 5.56 Å². The van der Waals surface area contributed by atoms with Crippen LogP contribution in [0.4, 0.5) is 21.5 Å². The Morgan fingerprint density at radius 3 is 2.50 bits per heavy atom. The van der Waals surface area contributed by atoms with Gasteiger partial charge in [-0.15, -0.1) is 0 Å². The topological polar surface area (TPSA) is 102 Å². The van der Waals surface area contributed by atoms with Crippen LogP contribution in [0.5, 0.6) is 5.75 Å². The summed E-state index contributed by atoms with van der Waals surface area (Å²) in [5.41, 5.74) is -0.914. The first-order valence-electron chi connectivity index (χ1n) is 9.35. The van der Waals surface area contributed by atoms with E-state index in [1.165, 1.54) is 25.2 Å². The molecule has 0 saturated heterocycles. The second-order valence-corrected chi connectivity index (χ2v) is 7.57. The molecule has 0 atom stereocenters. The number of nitrogens with one attached hydrogen (secondary N) is 1. The number of hydrogen-bond donors (Lipinski definition) is 1. The van der Waals surface area contributed by atoms with Crippen molar-refractivity contribution in [3.63, 3.8) is 0 Å². The van der Waals surface area contributed by atoms with Crippen molar-refractivity contribution in [1.82, 2.24) is 0 Å². The van der Waals surface area contributed by atoms with E-state index in [1.807, 2.05) is 0 Å².